The van der Waals surface area contributed by atoms with Gasteiger partial charge in [-0.1, -0.05) is 30.3 Å². The monoisotopic (exact) mass is 288 g/mol. The topological polar surface area (TPSA) is 35.5 Å². The maximum atomic E-state index is 9.60. The van der Waals surface area contributed by atoms with E-state index in [1.54, 1.807) is 0 Å². The highest BCUT2D eigenvalue weighted by molar-refractivity contribution is 5.14. The van der Waals surface area contributed by atoms with E-state index in [2.05, 4.69) is 40.5 Å². The van der Waals surface area contributed by atoms with Gasteiger partial charge in [-0.25, -0.2) is 0 Å². The second kappa shape index (κ2) is 7.39. The summed E-state index contributed by atoms with van der Waals surface area (Å²) in [6.07, 6.45) is 6.75. The van der Waals surface area contributed by atoms with E-state index in [9.17, 15) is 5.11 Å². The zero-order valence-electron chi connectivity index (χ0n) is 12.9. The van der Waals surface area contributed by atoms with Crippen molar-refractivity contribution in [1.29, 1.82) is 0 Å². The van der Waals surface area contributed by atoms with Gasteiger partial charge in [0.25, 0.3) is 0 Å². The Bertz CT molecular complexity index is 414. The fourth-order valence-corrected chi connectivity index (χ4v) is 3.75. The second-order valence-electron chi connectivity index (χ2n) is 6.73. The first-order valence-corrected chi connectivity index (χ1v) is 8.50. The second-order valence-corrected chi connectivity index (χ2v) is 6.73. The molecule has 1 heterocycles. The van der Waals surface area contributed by atoms with Gasteiger partial charge in [0.15, 0.2) is 0 Å². The summed E-state index contributed by atoms with van der Waals surface area (Å²) >= 11 is 0. The summed E-state index contributed by atoms with van der Waals surface area (Å²) in [7, 11) is 0. The first-order chi connectivity index (χ1) is 10.3. The number of nitrogens with zero attached hydrogens (tertiary/aromatic N) is 1. The standard InChI is InChI=1S/C18H28N2O/c21-18-10-8-16(9-11-18)19-17-7-4-12-20(14-17)13-15-5-2-1-3-6-15/h1-3,5-6,16-19,21H,4,7-14H2. The number of piperidine rings is 1. The average molecular weight is 288 g/mol. The predicted molar refractivity (Wildman–Crippen MR) is 86.1 cm³/mol. The number of likely N-dealkylation sites (tertiary alicyclic amines) is 1. The molecule has 116 valence electrons. The molecule has 1 aromatic carbocycles. The van der Waals surface area contributed by atoms with E-state index in [4.69, 9.17) is 0 Å². The van der Waals surface area contributed by atoms with E-state index in [0.717, 1.165) is 38.8 Å². The van der Waals surface area contributed by atoms with Crippen LogP contribution in [0.4, 0.5) is 0 Å². The summed E-state index contributed by atoms with van der Waals surface area (Å²) in [5, 5.41) is 13.4. The molecule has 1 aliphatic heterocycles. The van der Waals surface area contributed by atoms with Crippen LogP contribution in [0.25, 0.3) is 0 Å². The molecule has 2 aliphatic rings. The van der Waals surface area contributed by atoms with E-state index in [-0.39, 0.29) is 6.10 Å². The molecule has 3 nitrogen and oxygen atoms in total. The first-order valence-electron chi connectivity index (χ1n) is 8.50. The zero-order valence-corrected chi connectivity index (χ0v) is 12.9. The highest BCUT2D eigenvalue weighted by atomic mass is 16.3. The van der Waals surface area contributed by atoms with Crippen LogP contribution in [0.1, 0.15) is 44.1 Å². The van der Waals surface area contributed by atoms with Gasteiger partial charge in [0.1, 0.15) is 0 Å². The third-order valence-electron chi connectivity index (χ3n) is 4.92. The lowest BCUT2D eigenvalue weighted by Gasteiger charge is -2.37. The van der Waals surface area contributed by atoms with Crippen molar-refractivity contribution in [3.63, 3.8) is 0 Å². The van der Waals surface area contributed by atoms with Gasteiger partial charge >= 0.3 is 0 Å². The van der Waals surface area contributed by atoms with E-state index >= 15 is 0 Å². The molecule has 0 bridgehead atoms. The van der Waals surface area contributed by atoms with Crippen LogP contribution in [-0.4, -0.2) is 41.3 Å². The van der Waals surface area contributed by atoms with Crippen LogP contribution in [-0.2, 0) is 6.54 Å². The van der Waals surface area contributed by atoms with Gasteiger partial charge < -0.3 is 10.4 Å². The van der Waals surface area contributed by atoms with Crippen molar-refractivity contribution in [3.05, 3.63) is 35.9 Å². The number of nitrogens with one attached hydrogen (secondary N) is 1. The lowest BCUT2D eigenvalue weighted by molar-refractivity contribution is 0.106. The molecule has 0 radical (unpaired) electrons. The van der Waals surface area contributed by atoms with E-state index in [0.29, 0.717) is 12.1 Å². The van der Waals surface area contributed by atoms with Crippen LogP contribution < -0.4 is 5.32 Å². The molecule has 0 aromatic heterocycles. The van der Waals surface area contributed by atoms with Crippen LogP contribution in [0.5, 0.6) is 0 Å². The van der Waals surface area contributed by atoms with Gasteiger partial charge in [-0.15, -0.1) is 0 Å². The summed E-state index contributed by atoms with van der Waals surface area (Å²) in [5.74, 6) is 0. The van der Waals surface area contributed by atoms with Gasteiger partial charge in [-0.3, -0.25) is 4.90 Å². The maximum absolute atomic E-state index is 9.60. The minimum atomic E-state index is -0.0519. The molecule has 1 saturated heterocycles. The van der Waals surface area contributed by atoms with Crippen LogP contribution in [0, 0.1) is 0 Å². The molecular formula is C18H28N2O. The molecule has 0 amide bonds. The molecular weight excluding hydrogens is 260 g/mol. The summed E-state index contributed by atoms with van der Waals surface area (Å²) in [5.41, 5.74) is 1.42. The van der Waals surface area contributed by atoms with Crippen molar-refractivity contribution in [1.82, 2.24) is 10.2 Å². The van der Waals surface area contributed by atoms with Gasteiger partial charge in [-0.05, 0) is 50.6 Å². The number of rotatable bonds is 4. The predicted octanol–water partition coefficient (Wildman–Crippen LogP) is 2.54. The molecule has 3 rings (SSSR count). The lowest BCUT2D eigenvalue weighted by atomic mass is 9.92. The summed E-state index contributed by atoms with van der Waals surface area (Å²) < 4.78 is 0. The van der Waals surface area contributed by atoms with E-state index in [1.165, 1.54) is 24.9 Å². The van der Waals surface area contributed by atoms with Gasteiger partial charge in [0.05, 0.1) is 6.10 Å². The van der Waals surface area contributed by atoms with Crippen LogP contribution in [0.3, 0.4) is 0 Å². The first kappa shape index (κ1) is 15.0. The Labute approximate surface area is 128 Å². The van der Waals surface area contributed by atoms with E-state index in [1.807, 2.05) is 0 Å². The highest BCUT2D eigenvalue weighted by Crippen LogP contribution is 2.21. The molecule has 1 atom stereocenters. The Kier molecular flexibility index (Phi) is 5.28. The van der Waals surface area contributed by atoms with Crippen molar-refractivity contribution in [3.8, 4) is 0 Å². The molecule has 0 spiro atoms. The lowest BCUT2D eigenvalue weighted by Crippen LogP contribution is -2.49. The van der Waals surface area contributed by atoms with Gasteiger partial charge in [0.2, 0.25) is 0 Å². The molecule has 2 N–H and O–H groups in total. The molecule has 3 heteroatoms. The smallest absolute Gasteiger partial charge is 0.0541 e. The molecule has 2 fully saturated rings. The fourth-order valence-electron chi connectivity index (χ4n) is 3.75. The highest BCUT2D eigenvalue weighted by Gasteiger charge is 2.25. The maximum Gasteiger partial charge on any atom is 0.0541 e. The van der Waals surface area contributed by atoms with Crippen molar-refractivity contribution in [2.45, 2.75) is 63.3 Å². The number of hydrogen-bond acceptors (Lipinski definition) is 3. The summed E-state index contributed by atoms with van der Waals surface area (Å²) in [6.45, 7) is 3.45. The number of hydrogen-bond donors (Lipinski definition) is 2. The third-order valence-corrected chi connectivity index (χ3v) is 4.92. The normalized spacial score (nSPS) is 31.2. The Hall–Kier alpha value is -0.900. The minimum Gasteiger partial charge on any atom is -0.393 e. The molecule has 21 heavy (non-hydrogen) atoms. The van der Waals surface area contributed by atoms with Crippen molar-refractivity contribution < 1.29 is 5.11 Å². The average Bonchev–Trinajstić information content (AvgIpc) is 2.51. The fraction of sp³-hybridized carbons (Fsp3) is 0.667. The van der Waals surface area contributed by atoms with Crippen molar-refractivity contribution in [2.75, 3.05) is 13.1 Å². The number of benzene rings is 1. The quantitative estimate of drug-likeness (QED) is 0.894. The largest absolute Gasteiger partial charge is 0.393 e. The molecule has 1 aromatic rings. The minimum absolute atomic E-state index is 0.0519. The number of aliphatic hydroxyl groups excluding tert-OH is 1. The van der Waals surface area contributed by atoms with Gasteiger partial charge in [0, 0.05) is 25.2 Å². The van der Waals surface area contributed by atoms with Crippen LogP contribution >= 0.6 is 0 Å². The van der Waals surface area contributed by atoms with Crippen molar-refractivity contribution in [2.24, 2.45) is 0 Å². The Morgan fingerprint density at radius 2 is 1.76 bits per heavy atom. The van der Waals surface area contributed by atoms with Crippen LogP contribution in [0.2, 0.25) is 0 Å². The Balaban J connectivity index is 1.47. The summed E-state index contributed by atoms with van der Waals surface area (Å²) in [6, 6.07) is 12.0. The van der Waals surface area contributed by atoms with Gasteiger partial charge in [-0.2, -0.15) is 0 Å². The molecule has 1 aliphatic carbocycles. The SMILES string of the molecule is OC1CCC(NC2CCCN(Cc3ccccc3)C2)CC1. The summed E-state index contributed by atoms with van der Waals surface area (Å²) in [4.78, 5) is 2.58. The molecule has 1 saturated carbocycles. The Morgan fingerprint density at radius 1 is 1.00 bits per heavy atom. The Morgan fingerprint density at radius 3 is 2.52 bits per heavy atom. The van der Waals surface area contributed by atoms with E-state index < -0.39 is 0 Å². The third kappa shape index (κ3) is 4.53. The zero-order chi connectivity index (χ0) is 14.5. The molecule has 1 unspecified atom stereocenters. The van der Waals surface area contributed by atoms with Crippen molar-refractivity contribution >= 4 is 0 Å². The number of aliphatic hydroxyl groups is 1. The van der Waals surface area contributed by atoms with Crippen LogP contribution in [0.15, 0.2) is 30.3 Å².